The number of carbonyl (C=O) groups excluding carboxylic acids is 1. The van der Waals surface area contributed by atoms with Crippen LogP contribution in [0.25, 0.3) is 11.3 Å². The lowest BCUT2D eigenvalue weighted by atomic mass is 9.75. The first-order chi connectivity index (χ1) is 15.1. The number of nitrogens with zero attached hydrogens (tertiary/aromatic N) is 2. The third-order valence-electron chi connectivity index (χ3n) is 5.91. The number of nitrogens with one attached hydrogen (secondary N) is 1. The monoisotopic (exact) mass is 421 g/mol. The number of carbonyl (C=O) groups is 1. The van der Waals surface area contributed by atoms with Gasteiger partial charge in [-0.2, -0.15) is 0 Å². The quantitative estimate of drug-likeness (QED) is 0.613. The number of amides is 1. The molecule has 4 rings (SSSR count). The molecule has 1 aliphatic heterocycles. The van der Waals surface area contributed by atoms with Crippen molar-refractivity contribution in [1.29, 1.82) is 0 Å². The Balaban J connectivity index is 1.55. The van der Waals surface area contributed by atoms with Crippen LogP contribution in [0.3, 0.4) is 0 Å². The van der Waals surface area contributed by atoms with Crippen LogP contribution in [0, 0.1) is 11.2 Å². The molecule has 1 unspecified atom stereocenters. The van der Waals surface area contributed by atoms with Crippen LogP contribution in [0.4, 0.5) is 4.39 Å². The van der Waals surface area contributed by atoms with E-state index in [1.165, 1.54) is 6.07 Å². The van der Waals surface area contributed by atoms with Crippen LogP contribution in [0.2, 0.25) is 0 Å². The lowest BCUT2D eigenvalue weighted by Crippen LogP contribution is -2.52. The molecule has 1 aromatic heterocycles. The van der Waals surface area contributed by atoms with Gasteiger partial charge in [0.15, 0.2) is 0 Å². The summed E-state index contributed by atoms with van der Waals surface area (Å²) in [5.41, 5.74) is 2.07. The Kier molecular flexibility index (Phi) is 6.47. The summed E-state index contributed by atoms with van der Waals surface area (Å²) in [7, 11) is 0. The number of halogens is 1. The highest BCUT2D eigenvalue weighted by Crippen LogP contribution is 2.36. The first-order valence-electron chi connectivity index (χ1n) is 10.8. The van der Waals surface area contributed by atoms with Gasteiger partial charge in [-0.25, -0.2) is 4.39 Å². The van der Waals surface area contributed by atoms with Gasteiger partial charge < -0.3 is 9.84 Å². The van der Waals surface area contributed by atoms with Crippen molar-refractivity contribution in [3.05, 3.63) is 77.8 Å². The predicted octanol–water partition coefficient (Wildman–Crippen LogP) is 4.44. The molecule has 1 amide bonds. The van der Waals surface area contributed by atoms with E-state index in [0.29, 0.717) is 31.8 Å². The van der Waals surface area contributed by atoms with Crippen molar-refractivity contribution in [3.8, 4) is 11.3 Å². The number of piperidine rings is 1. The molecule has 3 aromatic rings. The normalized spacial score (nSPS) is 19.3. The van der Waals surface area contributed by atoms with E-state index in [1.807, 2.05) is 49.4 Å². The summed E-state index contributed by atoms with van der Waals surface area (Å²) in [4.78, 5) is 15.4. The van der Waals surface area contributed by atoms with E-state index in [-0.39, 0.29) is 11.7 Å². The zero-order chi connectivity index (χ0) is 21.7. The average Bonchev–Trinajstić information content (AvgIpc) is 3.23. The minimum atomic E-state index is -0.602. The summed E-state index contributed by atoms with van der Waals surface area (Å²) in [6, 6.07) is 18.5. The van der Waals surface area contributed by atoms with Crippen LogP contribution in [0.15, 0.2) is 65.2 Å². The molecule has 0 saturated carbocycles. The van der Waals surface area contributed by atoms with Gasteiger partial charge in [-0.1, -0.05) is 47.6 Å². The Bertz CT molecular complexity index is 1020. The van der Waals surface area contributed by atoms with Gasteiger partial charge in [0.25, 0.3) is 0 Å². The standard InChI is InChI=1S/C25H28FN3O2/c1-2-27-24(30)25(16-22-15-23(28-31-22)20-9-4-3-5-10-20)12-7-13-29(18-25)17-19-8-6-11-21(26)14-19/h3-6,8-11,14-15H,2,7,12-13,16-18H2,1H3,(H,27,30). The maximum absolute atomic E-state index is 13.6. The minimum absolute atomic E-state index is 0.0385. The van der Waals surface area contributed by atoms with E-state index in [4.69, 9.17) is 4.52 Å². The highest BCUT2D eigenvalue weighted by atomic mass is 19.1. The molecule has 0 radical (unpaired) electrons. The molecule has 162 valence electrons. The predicted molar refractivity (Wildman–Crippen MR) is 118 cm³/mol. The molecular weight excluding hydrogens is 393 g/mol. The van der Waals surface area contributed by atoms with Crippen LogP contribution >= 0.6 is 0 Å². The fourth-order valence-electron chi connectivity index (χ4n) is 4.49. The van der Waals surface area contributed by atoms with Crippen LogP contribution < -0.4 is 5.32 Å². The van der Waals surface area contributed by atoms with E-state index in [2.05, 4.69) is 15.4 Å². The minimum Gasteiger partial charge on any atom is -0.361 e. The molecular formula is C25H28FN3O2. The fraction of sp³-hybridized carbons (Fsp3) is 0.360. The van der Waals surface area contributed by atoms with Gasteiger partial charge in [0, 0.05) is 37.7 Å². The summed E-state index contributed by atoms with van der Waals surface area (Å²) in [6.07, 6.45) is 2.16. The van der Waals surface area contributed by atoms with E-state index in [1.54, 1.807) is 12.1 Å². The van der Waals surface area contributed by atoms with Gasteiger partial charge in [0.2, 0.25) is 5.91 Å². The molecule has 0 spiro atoms. The molecule has 1 fully saturated rings. The van der Waals surface area contributed by atoms with Gasteiger partial charge in [0.05, 0.1) is 5.41 Å². The molecule has 31 heavy (non-hydrogen) atoms. The second-order valence-electron chi connectivity index (χ2n) is 8.31. The molecule has 6 heteroatoms. The molecule has 1 saturated heterocycles. The lowest BCUT2D eigenvalue weighted by Gasteiger charge is -2.41. The number of benzene rings is 2. The van der Waals surface area contributed by atoms with Crippen molar-refractivity contribution >= 4 is 5.91 Å². The van der Waals surface area contributed by atoms with Gasteiger partial charge >= 0.3 is 0 Å². The van der Waals surface area contributed by atoms with Crippen molar-refractivity contribution < 1.29 is 13.7 Å². The summed E-state index contributed by atoms with van der Waals surface area (Å²) in [5.74, 6) is 0.508. The molecule has 2 heterocycles. The zero-order valence-electron chi connectivity index (χ0n) is 17.8. The summed E-state index contributed by atoms with van der Waals surface area (Å²) in [6.45, 7) is 4.60. The second-order valence-corrected chi connectivity index (χ2v) is 8.31. The van der Waals surface area contributed by atoms with Crippen LogP contribution in [-0.4, -0.2) is 35.6 Å². The summed E-state index contributed by atoms with van der Waals surface area (Å²) >= 11 is 0. The third-order valence-corrected chi connectivity index (χ3v) is 5.91. The second kappa shape index (κ2) is 9.43. The molecule has 1 aliphatic rings. The highest BCUT2D eigenvalue weighted by molar-refractivity contribution is 5.83. The van der Waals surface area contributed by atoms with Crippen molar-refractivity contribution in [2.75, 3.05) is 19.6 Å². The third kappa shape index (κ3) is 5.02. The number of hydrogen-bond acceptors (Lipinski definition) is 4. The first kappa shape index (κ1) is 21.2. The zero-order valence-corrected chi connectivity index (χ0v) is 17.8. The Morgan fingerprint density at radius 2 is 2.03 bits per heavy atom. The molecule has 2 aromatic carbocycles. The number of likely N-dealkylation sites (tertiary alicyclic amines) is 1. The molecule has 0 aliphatic carbocycles. The van der Waals surface area contributed by atoms with Gasteiger partial charge in [0.1, 0.15) is 17.3 Å². The maximum Gasteiger partial charge on any atom is 0.227 e. The van der Waals surface area contributed by atoms with Crippen molar-refractivity contribution in [1.82, 2.24) is 15.4 Å². The summed E-state index contributed by atoms with van der Waals surface area (Å²) < 4.78 is 19.3. The topological polar surface area (TPSA) is 58.4 Å². The van der Waals surface area contributed by atoms with Crippen LogP contribution in [0.5, 0.6) is 0 Å². The lowest BCUT2D eigenvalue weighted by molar-refractivity contribution is -0.134. The number of rotatable bonds is 7. The van der Waals surface area contributed by atoms with E-state index < -0.39 is 5.41 Å². The van der Waals surface area contributed by atoms with Gasteiger partial charge in [-0.3, -0.25) is 9.69 Å². The largest absolute Gasteiger partial charge is 0.361 e. The van der Waals surface area contributed by atoms with E-state index >= 15 is 0 Å². The number of aromatic nitrogens is 1. The van der Waals surface area contributed by atoms with E-state index in [9.17, 15) is 9.18 Å². The molecule has 1 N–H and O–H groups in total. The average molecular weight is 422 g/mol. The molecule has 5 nitrogen and oxygen atoms in total. The van der Waals surface area contributed by atoms with Gasteiger partial charge in [-0.15, -0.1) is 0 Å². The Morgan fingerprint density at radius 1 is 1.19 bits per heavy atom. The Hall–Kier alpha value is -2.99. The smallest absolute Gasteiger partial charge is 0.227 e. The fourth-order valence-corrected chi connectivity index (χ4v) is 4.49. The van der Waals surface area contributed by atoms with Crippen LogP contribution in [-0.2, 0) is 17.8 Å². The highest BCUT2D eigenvalue weighted by Gasteiger charge is 2.43. The SMILES string of the molecule is CCNC(=O)C1(Cc2cc(-c3ccccc3)no2)CCCN(Cc2cccc(F)c2)C1. The molecule has 1 atom stereocenters. The van der Waals surface area contributed by atoms with Crippen LogP contribution in [0.1, 0.15) is 31.1 Å². The Labute approximate surface area is 182 Å². The van der Waals surface area contributed by atoms with Crippen molar-refractivity contribution in [2.24, 2.45) is 5.41 Å². The van der Waals surface area contributed by atoms with Crippen molar-refractivity contribution in [3.63, 3.8) is 0 Å². The maximum atomic E-state index is 13.6. The number of hydrogen-bond donors (Lipinski definition) is 1. The van der Waals surface area contributed by atoms with Crippen molar-refractivity contribution in [2.45, 2.75) is 32.7 Å². The Morgan fingerprint density at radius 3 is 2.81 bits per heavy atom. The van der Waals surface area contributed by atoms with E-state index in [0.717, 1.165) is 36.2 Å². The summed E-state index contributed by atoms with van der Waals surface area (Å²) in [5, 5.41) is 7.24. The first-order valence-corrected chi connectivity index (χ1v) is 10.8. The van der Waals surface area contributed by atoms with Gasteiger partial charge in [-0.05, 0) is 44.0 Å². The molecule has 0 bridgehead atoms.